The van der Waals surface area contributed by atoms with Crippen LogP contribution in [0.2, 0.25) is 0 Å². The van der Waals surface area contributed by atoms with Crippen molar-refractivity contribution in [3.63, 3.8) is 0 Å². The molecule has 29 heavy (non-hydrogen) atoms. The van der Waals surface area contributed by atoms with Crippen molar-refractivity contribution in [2.45, 2.75) is 25.8 Å². The van der Waals surface area contributed by atoms with E-state index in [4.69, 9.17) is 9.72 Å². The Kier molecular flexibility index (Phi) is 3.78. The highest BCUT2D eigenvalue weighted by atomic mass is 16.5. The molecular formula is C22H22N6O. The van der Waals surface area contributed by atoms with E-state index in [0.29, 0.717) is 0 Å². The molecule has 0 atom stereocenters. The minimum absolute atomic E-state index is 0.733. The maximum absolute atomic E-state index is 6.12. The molecule has 6 rings (SSSR count). The summed E-state index contributed by atoms with van der Waals surface area (Å²) in [6.45, 7) is 3.85. The Morgan fingerprint density at radius 3 is 2.69 bits per heavy atom. The van der Waals surface area contributed by atoms with Gasteiger partial charge in [-0.05, 0) is 37.5 Å². The molecule has 0 saturated carbocycles. The topological polar surface area (TPSA) is 71.9 Å². The molecule has 0 unspecified atom stereocenters. The van der Waals surface area contributed by atoms with E-state index in [-0.39, 0.29) is 0 Å². The van der Waals surface area contributed by atoms with Gasteiger partial charge >= 0.3 is 0 Å². The average Bonchev–Trinajstić information content (AvgIpc) is 3.49. The number of pyridine rings is 1. The molecular weight excluding hydrogens is 364 g/mol. The van der Waals surface area contributed by atoms with Gasteiger partial charge in [0.15, 0.2) is 0 Å². The number of hydrogen-bond donors (Lipinski definition) is 1. The number of hydrogen-bond acceptors (Lipinski definition) is 5. The van der Waals surface area contributed by atoms with Gasteiger partial charge in [-0.2, -0.15) is 5.10 Å². The lowest BCUT2D eigenvalue weighted by molar-refractivity contribution is 0.316. The molecule has 2 aliphatic rings. The monoisotopic (exact) mass is 386 g/mol. The minimum Gasteiger partial charge on any atom is -0.491 e. The van der Waals surface area contributed by atoms with Gasteiger partial charge in [-0.1, -0.05) is 0 Å². The second-order valence-corrected chi connectivity index (χ2v) is 7.71. The third kappa shape index (κ3) is 2.76. The predicted molar refractivity (Wildman–Crippen MR) is 112 cm³/mol. The lowest BCUT2D eigenvalue weighted by Crippen LogP contribution is -2.17. The second-order valence-electron chi connectivity index (χ2n) is 7.71. The van der Waals surface area contributed by atoms with E-state index in [9.17, 15) is 0 Å². The molecule has 2 aliphatic heterocycles. The molecule has 1 N–H and O–H groups in total. The fourth-order valence-electron chi connectivity index (χ4n) is 4.41. The molecule has 0 bridgehead atoms. The molecule has 0 radical (unpaired) electrons. The zero-order chi connectivity index (χ0) is 19.2. The zero-order valence-corrected chi connectivity index (χ0v) is 16.1. The number of anilines is 1. The van der Waals surface area contributed by atoms with E-state index < -0.39 is 0 Å². The van der Waals surface area contributed by atoms with Crippen LogP contribution in [-0.4, -0.2) is 44.4 Å². The molecule has 5 heterocycles. The molecule has 7 nitrogen and oxygen atoms in total. The molecule has 0 spiro atoms. The first kappa shape index (κ1) is 16.6. The summed E-state index contributed by atoms with van der Waals surface area (Å²) in [5, 5.41) is 6.84. The number of imidazole rings is 1. The predicted octanol–water partition coefficient (Wildman–Crippen LogP) is 3.87. The van der Waals surface area contributed by atoms with Gasteiger partial charge in [0.25, 0.3) is 0 Å². The van der Waals surface area contributed by atoms with E-state index in [1.165, 1.54) is 18.5 Å². The molecule has 0 amide bonds. The summed E-state index contributed by atoms with van der Waals surface area (Å²) < 4.78 is 8.42. The van der Waals surface area contributed by atoms with E-state index >= 15 is 0 Å². The van der Waals surface area contributed by atoms with Crippen LogP contribution in [0.25, 0.3) is 33.7 Å². The van der Waals surface area contributed by atoms with Gasteiger partial charge in [-0.25, -0.2) is 4.98 Å². The highest BCUT2D eigenvalue weighted by Gasteiger charge is 2.22. The van der Waals surface area contributed by atoms with Crippen molar-refractivity contribution in [1.82, 2.24) is 24.7 Å². The van der Waals surface area contributed by atoms with E-state index in [1.807, 2.05) is 18.5 Å². The van der Waals surface area contributed by atoms with Crippen LogP contribution in [-0.2, 0) is 6.54 Å². The fraction of sp³-hybridized carbons (Fsp3) is 0.318. The standard InChI is InChI=1S/C22H22N6O/c1-2-7-27(6-1)17-10-19-21-20(11-17)29-9-3-8-28(21)22(26-19)15-4-5-18(23-12-15)16-13-24-25-14-16/h4-5,10-14H,1-3,6-9H2,(H,24,25). The van der Waals surface area contributed by atoms with Crippen LogP contribution >= 0.6 is 0 Å². The summed E-state index contributed by atoms with van der Waals surface area (Å²) in [5.74, 6) is 1.90. The lowest BCUT2D eigenvalue weighted by atomic mass is 10.2. The smallest absolute Gasteiger partial charge is 0.147 e. The SMILES string of the molecule is c1n[nH]cc1-c1ccc(-c2nc3cc(N4CCCC4)cc4c3n2CCCO4)cn1. The van der Waals surface area contributed by atoms with Crippen LogP contribution in [0.3, 0.4) is 0 Å². The maximum atomic E-state index is 6.12. The Hall–Kier alpha value is -3.35. The number of aromatic amines is 1. The fourth-order valence-corrected chi connectivity index (χ4v) is 4.41. The van der Waals surface area contributed by atoms with E-state index in [2.05, 4.69) is 42.8 Å². The number of benzene rings is 1. The summed E-state index contributed by atoms with van der Waals surface area (Å²) in [4.78, 5) is 12.1. The summed E-state index contributed by atoms with van der Waals surface area (Å²) in [7, 11) is 0. The number of nitrogens with zero attached hydrogens (tertiary/aromatic N) is 5. The largest absolute Gasteiger partial charge is 0.491 e. The van der Waals surface area contributed by atoms with Crippen molar-refractivity contribution in [1.29, 1.82) is 0 Å². The number of aromatic nitrogens is 5. The molecule has 1 fully saturated rings. The summed E-state index contributed by atoms with van der Waals surface area (Å²) in [6, 6.07) is 8.52. The zero-order valence-electron chi connectivity index (χ0n) is 16.1. The molecule has 7 heteroatoms. The maximum Gasteiger partial charge on any atom is 0.147 e. The molecule has 0 aliphatic carbocycles. The lowest BCUT2D eigenvalue weighted by Gasteiger charge is -2.18. The third-order valence-corrected chi connectivity index (χ3v) is 5.86. The van der Waals surface area contributed by atoms with E-state index in [0.717, 1.165) is 72.1 Å². The summed E-state index contributed by atoms with van der Waals surface area (Å²) in [5.41, 5.74) is 6.21. The minimum atomic E-state index is 0.733. The van der Waals surface area contributed by atoms with Crippen molar-refractivity contribution < 1.29 is 4.74 Å². The highest BCUT2D eigenvalue weighted by molar-refractivity contribution is 5.89. The van der Waals surface area contributed by atoms with Crippen molar-refractivity contribution in [3.8, 4) is 28.4 Å². The number of aryl methyl sites for hydroxylation is 1. The number of ether oxygens (including phenoxy) is 1. The quantitative estimate of drug-likeness (QED) is 0.579. The normalized spacial score (nSPS) is 16.2. The van der Waals surface area contributed by atoms with Gasteiger partial charge in [0.05, 0.1) is 24.0 Å². The van der Waals surface area contributed by atoms with Gasteiger partial charge in [0, 0.05) is 54.9 Å². The van der Waals surface area contributed by atoms with Crippen LogP contribution in [0.5, 0.6) is 5.75 Å². The number of H-pyrrole nitrogens is 1. The van der Waals surface area contributed by atoms with Crippen LogP contribution in [0.4, 0.5) is 5.69 Å². The second kappa shape index (κ2) is 6.62. The van der Waals surface area contributed by atoms with Gasteiger partial charge in [-0.15, -0.1) is 0 Å². The molecule has 3 aromatic heterocycles. The summed E-state index contributed by atoms with van der Waals surface area (Å²) in [6.07, 6.45) is 9.00. The first-order valence-electron chi connectivity index (χ1n) is 10.2. The Balaban J connectivity index is 1.47. The van der Waals surface area contributed by atoms with Crippen molar-refractivity contribution >= 4 is 16.7 Å². The molecule has 1 saturated heterocycles. The van der Waals surface area contributed by atoms with Gasteiger partial charge in [-0.3, -0.25) is 10.1 Å². The van der Waals surface area contributed by atoms with Crippen molar-refractivity contribution in [3.05, 3.63) is 42.9 Å². The number of nitrogens with one attached hydrogen (secondary N) is 1. The van der Waals surface area contributed by atoms with Gasteiger partial charge in [0.1, 0.15) is 17.1 Å². The molecule has 4 aromatic rings. The highest BCUT2D eigenvalue weighted by Crippen LogP contribution is 2.37. The van der Waals surface area contributed by atoms with Crippen molar-refractivity contribution in [2.24, 2.45) is 0 Å². The van der Waals surface area contributed by atoms with Crippen molar-refractivity contribution in [2.75, 3.05) is 24.6 Å². The van der Waals surface area contributed by atoms with Gasteiger partial charge in [0.2, 0.25) is 0 Å². The van der Waals surface area contributed by atoms with Gasteiger partial charge < -0.3 is 14.2 Å². The van der Waals surface area contributed by atoms with Crippen LogP contribution in [0.1, 0.15) is 19.3 Å². The first-order chi connectivity index (χ1) is 14.4. The average molecular weight is 386 g/mol. The Morgan fingerprint density at radius 2 is 1.90 bits per heavy atom. The Bertz CT molecular complexity index is 1160. The van der Waals surface area contributed by atoms with Crippen LogP contribution in [0.15, 0.2) is 42.9 Å². The van der Waals surface area contributed by atoms with E-state index in [1.54, 1.807) is 6.20 Å². The molecule has 1 aromatic carbocycles. The molecule has 146 valence electrons. The first-order valence-corrected chi connectivity index (χ1v) is 10.2. The Morgan fingerprint density at radius 1 is 0.966 bits per heavy atom. The Labute approximate surface area is 168 Å². The van der Waals surface area contributed by atoms with Crippen LogP contribution in [0, 0.1) is 0 Å². The number of rotatable bonds is 3. The third-order valence-electron chi connectivity index (χ3n) is 5.86. The summed E-state index contributed by atoms with van der Waals surface area (Å²) >= 11 is 0. The van der Waals surface area contributed by atoms with Crippen LogP contribution < -0.4 is 9.64 Å².